The number of nitrogens with zero attached hydrogens (tertiary/aromatic N) is 1. The van der Waals surface area contributed by atoms with Crippen molar-refractivity contribution in [2.45, 2.75) is 69.7 Å². The standard InChI is InChI=1S/C13H21NO5/c1-12(2,3)19-11(17)14-8-4-6-13(18,7-5-8)9(14)10(15)16/h8-9,18H,4-7H2,1-3H3,(H,15,16). The van der Waals surface area contributed by atoms with Crippen LogP contribution in [0, 0.1) is 0 Å². The van der Waals surface area contributed by atoms with Gasteiger partial charge in [0, 0.05) is 6.04 Å². The third-order valence-electron chi connectivity index (χ3n) is 3.84. The molecule has 0 radical (unpaired) electrons. The number of carbonyl (C=O) groups excluding carboxylic acids is 1. The number of carbonyl (C=O) groups is 2. The van der Waals surface area contributed by atoms with E-state index in [2.05, 4.69) is 0 Å². The van der Waals surface area contributed by atoms with Gasteiger partial charge in [0.1, 0.15) is 5.60 Å². The molecule has 6 heteroatoms. The Hall–Kier alpha value is -1.30. The van der Waals surface area contributed by atoms with Gasteiger partial charge in [-0.05, 0) is 46.5 Å². The Morgan fingerprint density at radius 3 is 2.21 bits per heavy atom. The van der Waals surface area contributed by atoms with Gasteiger partial charge in [0.25, 0.3) is 0 Å². The Bertz CT molecular complexity index is 392. The average molecular weight is 271 g/mol. The van der Waals surface area contributed by atoms with Crippen molar-refractivity contribution < 1.29 is 24.5 Å². The molecule has 0 aromatic rings. The highest BCUT2D eigenvalue weighted by molar-refractivity contribution is 5.82. The lowest BCUT2D eigenvalue weighted by Crippen LogP contribution is -2.69. The Morgan fingerprint density at radius 1 is 1.26 bits per heavy atom. The van der Waals surface area contributed by atoms with Crippen LogP contribution in [0.15, 0.2) is 0 Å². The molecule has 0 spiro atoms. The van der Waals surface area contributed by atoms with Gasteiger partial charge in [0.05, 0.1) is 5.60 Å². The number of rotatable bonds is 1. The van der Waals surface area contributed by atoms with Gasteiger partial charge in [-0.1, -0.05) is 0 Å². The van der Waals surface area contributed by atoms with E-state index >= 15 is 0 Å². The lowest BCUT2D eigenvalue weighted by atomic mass is 9.71. The van der Waals surface area contributed by atoms with Crippen molar-refractivity contribution in [1.82, 2.24) is 4.90 Å². The molecule has 1 atom stereocenters. The molecule has 0 aromatic heterocycles. The van der Waals surface area contributed by atoms with Gasteiger partial charge in [-0.25, -0.2) is 9.59 Å². The van der Waals surface area contributed by atoms with Gasteiger partial charge in [-0.2, -0.15) is 0 Å². The zero-order valence-corrected chi connectivity index (χ0v) is 11.5. The molecule has 2 aliphatic heterocycles. The monoisotopic (exact) mass is 271 g/mol. The van der Waals surface area contributed by atoms with Gasteiger partial charge in [0.15, 0.2) is 6.04 Å². The number of ether oxygens (including phenoxy) is 1. The van der Waals surface area contributed by atoms with E-state index < -0.39 is 29.3 Å². The van der Waals surface area contributed by atoms with Crippen molar-refractivity contribution in [3.63, 3.8) is 0 Å². The molecule has 1 saturated carbocycles. The molecule has 2 heterocycles. The fourth-order valence-electron chi connectivity index (χ4n) is 3.04. The molecule has 2 bridgehead atoms. The second kappa shape index (κ2) is 4.37. The van der Waals surface area contributed by atoms with E-state index in [0.717, 1.165) is 0 Å². The molecule has 1 unspecified atom stereocenters. The van der Waals surface area contributed by atoms with Crippen molar-refractivity contribution in [2.24, 2.45) is 0 Å². The highest BCUT2D eigenvalue weighted by atomic mass is 16.6. The van der Waals surface area contributed by atoms with Crippen molar-refractivity contribution in [2.75, 3.05) is 0 Å². The Kier molecular flexibility index (Phi) is 3.24. The summed E-state index contributed by atoms with van der Waals surface area (Å²) in [5.41, 5.74) is -2.00. The third-order valence-corrected chi connectivity index (χ3v) is 3.84. The number of amides is 1. The number of carboxylic acid groups (broad SMARTS) is 1. The summed E-state index contributed by atoms with van der Waals surface area (Å²) in [6, 6.07) is -1.35. The summed E-state index contributed by atoms with van der Waals surface area (Å²) in [5, 5.41) is 19.8. The number of hydrogen-bond donors (Lipinski definition) is 2. The molecular formula is C13H21NO5. The zero-order chi connectivity index (χ0) is 14.4. The van der Waals surface area contributed by atoms with Crippen LogP contribution in [0.2, 0.25) is 0 Å². The van der Waals surface area contributed by atoms with E-state index in [9.17, 15) is 19.8 Å². The van der Waals surface area contributed by atoms with Crippen LogP contribution >= 0.6 is 0 Å². The normalized spacial score (nSPS) is 34.2. The minimum Gasteiger partial charge on any atom is -0.480 e. The summed E-state index contributed by atoms with van der Waals surface area (Å²) in [5.74, 6) is -1.17. The van der Waals surface area contributed by atoms with Crippen molar-refractivity contribution in [3.05, 3.63) is 0 Å². The van der Waals surface area contributed by atoms with Crippen LogP contribution in [-0.2, 0) is 9.53 Å². The van der Waals surface area contributed by atoms with Crippen molar-refractivity contribution in [1.29, 1.82) is 0 Å². The summed E-state index contributed by atoms with van der Waals surface area (Å²) < 4.78 is 5.27. The first-order valence-electron chi connectivity index (χ1n) is 6.60. The minimum absolute atomic E-state index is 0.148. The van der Waals surface area contributed by atoms with Crippen LogP contribution in [0.25, 0.3) is 0 Å². The first-order chi connectivity index (χ1) is 8.64. The smallest absolute Gasteiger partial charge is 0.411 e. The van der Waals surface area contributed by atoms with Gasteiger partial charge in [-0.3, -0.25) is 4.90 Å². The van der Waals surface area contributed by atoms with E-state index in [4.69, 9.17) is 4.74 Å². The second-order valence-corrected chi connectivity index (χ2v) is 6.46. The molecule has 6 nitrogen and oxygen atoms in total. The van der Waals surface area contributed by atoms with E-state index in [0.29, 0.717) is 25.7 Å². The molecule has 3 aliphatic rings. The summed E-state index contributed by atoms with van der Waals surface area (Å²) in [4.78, 5) is 24.8. The molecule has 3 rings (SSSR count). The van der Waals surface area contributed by atoms with E-state index in [1.165, 1.54) is 4.90 Å². The summed E-state index contributed by atoms with van der Waals surface area (Å²) >= 11 is 0. The topological polar surface area (TPSA) is 87.1 Å². The molecule has 2 saturated heterocycles. The number of fused-ring (bicyclic) bond motifs is 3. The number of aliphatic carboxylic acids is 1. The molecule has 1 aliphatic carbocycles. The first-order valence-corrected chi connectivity index (χ1v) is 6.60. The Balaban J connectivity index is 2.27. The molecule has 1 amide bonds. The van der Waals surface area contributed by atoms with Crippen LogP contribution in [-0.4, -0.2) is 50.5 Å². The van der Waals surface area contributed by atoms with E-state index in [-0.39, 0.29) is 6.04 Å². The summed E-state index contributed by atoms with van der Waals surface area (Å²) in [6.07, 6.45) is 1.45. The maximum Gasteiger partial charge on any atom is 0.411 e. The molecule has 108 valence electrons. The first kappa shape index (κ1) is 14.1. The van der Waals surface area contributed by atoms with E-state index in [1.807, 2.05) is 0 Å². The third kappa shape index (κ3) is 2.54. The highest BCUT2D eigenvalue weighted by Gasteiger charge is 2.57. The van der Waals surface area contributed by atoms with Crippen LogP contribution in [0.3, 0.4) is 0 Å². The van der Waals surface area contributed by atoms with Gasteiger partial charge >= 0.3 is 12.1 Å². The molecule has 19 heavy (non-hydrogen) atoms. The predicted octanol–water partition coefficient (Wildman–Crippen LogP) is 1.36. The fourth-order valence-corrected chi connectivity index (χ4v) is 3.04. The van der Waals surface area contributed by atoms with Crippen molar-refractivity contribution in [3.8, 4) is 0 Å². The maximum atomic E-state index is 12.2. The lowest BCUT2D eigenvalue weighted by Gasteiger charge is -2.53. The number of piperidine rings is 2. The van der Waals surface area contributed by atoms with Gasteiger partial charge in [0.2, 0.25) is 0 Å². The molecule has 2 N–H and O–H groups in total. The van der Waals surface area contributed by atoms with Gasteiger partial charge < -0.3 is 14.9 Å². The Labute approximate surface area is 112 Å². The second-order valence-electron chi connectivity index (χ2n) is 6.46. The maximum absolute atomic E-state index is 12.2. The van der Waals surface area contributed by atoms with Gasteiger partial charge in [-0.15, -0.1) is 0 Å². The van der Waals surface area contributed by atoms with Crippen LogP contribution in [0.4, 0.5) is 4.79 Å². The zero-order valence-electron chi connectivity index (χ0n) is 11.5. The fraction of sp³-hybridized carbons (Fsp3) is 0.846. The van der Waals surface area contributed by atoms with Crippen LogP contribution in [0.1, 0.15) is 46.5 Å². The molecule has 3 fully saturated rings. The summed E-state index contributed by atoms with van der Waals surface area (Å²) in [6.45, 7) is 5.20. The number of carboxylic acids is 1. The number of hydrogen-bond acceptors (Lipinski definition) is 4. The Morgan fingerprint density at radius 2 is 1.79 bits per heavy atom. The largest absolute Gasteiger partial charge is 0.480 e. The summed E-state index contributed by atoms with van der Waals surface area (Å²) in [7, 11) is 0. The SMILES string of the molecule is CC(C)(C)OC(=O)N1C2CCC(O)(CC2)C1C(=O)O. The number of aliphatic hydroxyl groups is 1. The minimum atomic E-state index is -1.32. The van der Waals surface area contributed by atoms with Crippen LogP contribution < -0.4 is 0 Å². The predicted molar refractivity (Wildman–Crippen MR) is 66.7 cm³/mol. The quantitative estimate of drug-likeness (QED) is 0.752. The van der Waals surface area contributed by atoms with E-state index in [1.54, 1.807) is 20.8 Å². The van der Waals surface area contributed by atoms with Crippen molar-refractivity contribution >= 4 is 12.1 Å². The highest BCUT2D eigenvalue weighted by Crippen LogP contribution is 2.43. The molecule has 0 aromatic carbocycles. The molecular weight excluding hydrogens is 250 g/mol. The lowest BCUT2D eigenvalue weighted by molar-refractivity contribution is -0.176. The average Bonchev–Trinajstić information content (AvgIpc) is 2.25. The van der Waals surface area contributed by atoms with Crippen LogP contribution in [0.5, 0.6) is 0 Å².